The minimum absolute atomic E-state index is 0.181. The van der Waals surface area contributed by atoms with Crippen molar-refractivity contribution in [2.45, 2.75) is 5.41 Å². The van der Waals surface area contributed by atoms with Crippen LogP contribution in [0, 0.1) is 30.6 Å². The van der Waals surface area contributed by atoms with Gasteiger partial charge in [0.1, 0.15) is 5.41 Å². The zero-order chi connectivity index (χ0) is 11.4. The lowest BCUT2D eigenvalue weighted by atomic mass is 9.71. The summed E-state index contributed by atoms with van der Waals surface area (Å²) in [6.45, 7) is 0. The van der Waals surface area contributed by atoms with Crippen LogP contribution in [0.2, 0.25) is 0 Å². The van der Waals surface area contributed by atoms with E-state index in [0.29, 0.717) is 5.69 Å². The minimum Gasteiger partial charge on any atom is -0.159 e. The Morgan fingerprint density at radius 2 is 2.19 bits per heavy atom. The van der Waals surface area contributed by atoms with E-state index in [0.717, 1.165) is 0 Å². The van der Waals surface area contributed by atoms with E-state index in [1.807, 2.05) is 30.4 Å². The van der Waals surface area contributed by atoms with Crippen LogP contribution in [0.25, 0.3) is 0 Å². The predicted octanol–water partition coefficient (Wildman–Crippen LogP) is 1.72. The topological polar surface area (TPSA) is 25.8 Å². The van der Waals surface area contributed by atoms with Gasteiger partial charge >= 0.3 is 0 Å². The Kier molecular flexibility index (Phi) is 2.58. The van der Waals surface area contributed by atoms with Crippen molar-refractivity contribution in [3.8, 4) is 24.7 Å². The Bertz CT molecular complexity index is 514. The van der Waals surface area contributed by atoms with E-state index in [1.165, 1.54) is 0 Å². The van der Waals surface area contributed by atoms with E-state index >= 15 is 0 Å². The average Bonchev–Trinajstić information content (AvgIpc) is 2.39. The number of hydrogen-bond donors (Lipinski definition) is 0. The summed E-state index contributed by atoms with van der Waals surface area (Å²) >= 11 is 0. The van der Waals surface area contributed by atoms with Crippen molar-refractivity contribution in [2.75, 3.05) is 0 Å². The third kappa shape index (κ3) is 1.42. The lowest BCUT2D eigenvalue weighted by Gasteiger charge is -2.29. The smallest absolute Gasteiger partial charge is 0.110 e. The summed E-state index contributed by atoms with van der Waals surface area (Å²) < 4.78 is 0. The Morgan fingerprint density at radius 3 is 2.81 bits per heavy atom. The van der Waals surface area contributed by atoms with Gasteiger partial charge in [-0.05, 0) is 12.1 Å². The fourth-order valence-electron chi connectivity index (χ4n) is 1.80. The van der Waals surface area contributed by atoms with Gasteiger partial charge in [-0.1, -0.05) is 36.1 Å². The van der Waals surface area contributed by atoms with Crippen LogP contribution in [-0.4, -0.2) is 10.2 Å². The first-order valence-corrected chi connectivity index (χ1v) is 4.91. The molecule has 0 spiro atoms. The fourth-order valence-corrected chi connectivity index (χ4v) is 1.80. The van der Waals surface area contributed by atoms with Crippen LogP contribution in [-0.2, 0) is 5.41 Å². The van der Waals surface area contributed by atoms with E-state index in [1.54, 1.807) is 12.3 Å². The third-order valence-corrected chi connectivity index (χ3v) is 2.68. The molecule has 0 saturated carbocycles. The maximum Gasteiger partial charge on any atom is 0.110 e. The van der Waals surface area contributed by atoms with Crippen LogP contribution in [0.3, 0.4) is 0 Å². The van der Waals surface area contributed by atoms with Crippen LogP contribution in [0.1, 0.15) is 5.69 Å². The summed E-state index contributed by atoms with van der Waals surface area (Å²) in [5, 5.41) is 7.92. The van der Waals surface area contributed by atoms with Gasteiger partial charge in [-0.3, -0.25) is 0 Å². The molecule has 2 rings (SSSR count). The SMILES string of the molecule is C#CC1C=CC=CC1(C#C)c1cccnn1. The molecule has 0 amide bonds. The van der Waals surface area contributed by atoms with Crippen LogP contribution in [0.15, 0.2) is 42.6 Å². The Hall–Kier alpha value is -2.32. The highest BCUT2D eigenvalue weighted by Crippen LogP contribution is 2.34. The molecule has 2 heteroatoms. The van der Waals surface area contributed by atoms with Crippen LogP contribution in [0.4, 0.5) is 0 Å². The normalized spacial score (nSPS) is 27.0. The molecule has 2 atom stereocenters. The molecule has 16 heavy (non-hydrogen) atoms. The predicted molar refractivity (Wildman–Crippen MR) is 63.1 cm³/mol. The van der Waals surface area contributed by atoms with Crippen molar-refractivity contribution >= 4 is 0 Å². The summed E-state index contributed by atoms with van der Waals surface area (Å²) in [4.78, 5) is 0. The van der Waals surface area contributed by atoms with Gasteiger partial charge in [0.05, 0.1) is 11.6 Å². The van der Waals surface area contributed by atoms with Crippen molar-refractivity contribution < 1.29 is 0 Å². The first-order chi connectivity index (χ1) is 7.83. The van der Waals surface area contributed by atoms with Crippen LogP contribution < -0.4 is 0 Å². The van der Waals surface area contributed by atoms with Crippen molar-refractivity contribution in [1.29, 1.82) is 0 Å². The van der Waals surface area contributed by atoms with E-state index in [4.69, 9.17) is 12.8 Å². The van der Waals surface area contributed by atoms with Gasteiger partial charge in [0.2, 0.25) is 0 Å². The molecule has 0 bridgehead atoms. The molecule has 1 aliphatic carbocycles. The first-order valence-electron chi connectivity index (χ1n) is 4.91. The highest BCUT2D eigenvalue weighted by molar-refractivity contribution is 5.45. The van der Waals surface area contributed by atoms with E-state index in [-0.39, 0.29) is 5.92 Å². The first kappa shape index (κ1) is 10.2. The number of aromatic nitrogens is 2. The van der Waals surface area contributed by atoms with Crippen molar-refractivity contribution in [3.05, 3.63) is 48.3 Å². The maximum atomic E-state index is 5.64. The van der Waals surface area contributed by atoms with Crippen LogP contribution >= 0.6 is 0 Å². The monoisotopic (exact) mass is 206 g/mol. The second-order valence-corrected chi connectivity index (χ2v) is 3.51. The molecule has 1 aromatic heterocycles. The molecule has 1 heterocycles. The summed E-state index contributed by atoms with van der Waals surface area (Å²) in [7, 11) is 0. The van der Waals surface area contributed by atoms with Gasteiger partial charge in [-0.25, -0.2) is 0 Å². The molecule has 0 saturated heterocycles. The minimum atomic E-state index is -0.669. The lowest BCUT2D eigenvalue weighted by molar-refractivity contribution is 0.568. The molecule has 2 unspecified atom stereocenters. The number of hydrogen-bond acceptors (Lipinski definition) is 2. The van der Waals surface area contributed by atoms with Crippen molar-refractivity contribution in [2.24, 2.45) is 5.92 Å². The molecule has 0 aromatic carbocycles. The summed E-state index contributed by atoms with van der Waals surface area (Å²) in [6.07, 6.45) is 20.4. The zero-order valence-electron chi connectivity index (χ0n) is 8.67. The van der Waals surface area contributed by atoms with Gasteiger partial charge in [0.25, 0.3) is 0 Å². The maximum absolute atomic E-state index is 5.64. The summed E-state index contributed by atoms with van der Waals surface area (Å²) in [5.74, 6) is 5.27. The molecule has 0 fully saturated rings. The molecular formula is C14H10N2. The van der Waals surface area contributed by atoms with Crippen molar-refractivity contribution in [1.82, 2.24) is 10.2 Å². The highest BCUT2D eigenvalue weighted by atomic mass is 15.1. The molecule has 76 valence electrons. The van der Waals surface area contributed by atoms with Gasteiger partial charge in [-0.2, -0.15) is 10.2 Å². The quantitative estimate of drug-likeness (QED) is 0.654. The number of allylic oxidation sites excluding steroid dienone is 4. The number of rotatable bonds is 1. The Balaban J connectivity index is 2.57. The number of terminal acetylenes is 2. The van der Waals surface area contributed by atoms with Crippen molar-refractivity contribution in [3.63, 3.8) is 0 Å². The van der Waals surface area contributed by atoms with Gasteiger partial charge in [0.15, 0.2) is 0 Å². The Labute approximate surface area is 95.1 Å². The van der Waals surface area contributed by atoms with E-state index < -0.39 is 5.41 Å². The molecule has 0 N–H and O–H groups in total. The molecule has 0 radical (unpaired) electrons. The average molecular weight is 206 g/mol. The van der Waals surface area contributed by atoms with Gasteiger partial charge in [0, 0.05) is 6.20 Å². The molecular weight excluding hydrogens is 196 g/mol. The van der Waals surface area contributed by atoms with Gasteiger partial charge < -0.3 is 0 Å². The second kappa shape index (κ2) is 4.04. The van der Waals surface area contributed by atoms with E-state index in [2.05, 4.69) is 22.0 Å². The number of nitrogens with zero attached hydrogens (tertiary/aromatic N) is 2. The fraction of sp³-hybridized carbons (Fsp3) is 0.143. The molecule has 0 aliphatic heterocycles. The summed E-state index contributed by atoms with van der Waals surface area (Å²) in [6, 6.07) is 3.65. The molecule has 1 aromatic rings. The van der Waals surface area contributed by atoms with Gasteiger partial charge in [-0.15, -0.1) is 12.8 Å². The zero-order valence-corrected chi connectivity index (χ0v) is 8.67. The largest absolute Gasteiger partial charge is 0.159 e. The van der Waals surface area contributed by atoms with Crippen LogP contribution in [0.5, 0.6) is 0 Å². The highest BCUT2D eigenvalue weighted by Gasteiger charge is 2.37. The molecule has 2 nitrogen and oxygen atoms in total. The van der Waals surface area contributed by atoms with E-state index in [9.17, 15) is 0 Å². The lowest BCUT2D eigenvalue weighted by Crippen LogP contribution is -2.32. The summed E-state index contributed by atoms with van der Waals surface area (Å²) in [5.41, 5.74) is 0.0404. The third-order valence-electron chi connectivity index (χ3n) is 2.68. The standard InChI is InChI=1S/C14H10N2/c1-3-12-8-5-6-10-14(12,4-2)13-9-7-11-15-16-13/h1-2,5-12H. The second-order valence-electron chi connectivity index (χ2n) is 3.51. The Morgan fingerprint density at radius 1 is 1.31 bits per heavy atom. The molecule has 1 aliphatic rings.